The largest absolute Gasteiger partial charge is 0.371 e. The highest BCUT2D eigenvalue weighted by Crippen LogP contribution is 2.26. The molecule has 1 aromatic carbocycles. The first-order chi connectivity index (χ1) is 8.65. The second-order valence-corrected chi connectivity index (χ2v) is 4.85. The first-order valence-corrected chi connectivity index (χ1v) is 6.11. The van der Waals surface area contributed by atoms with Gasteiger partial charge < -0.3 is 10.6 Å². The fraction of sp³-hybridized carbons (Fsp3) is 0.385. The van der Waals surface area contributed by atoms with E-state index in [9.17, 15) is 4.79 Å². The third-order valence-electron chi connectivity index (χ3n) is 3.69. The summed E-state index contributed by atoms with van der Waals surface area (Å²) >= 11 is 0. The van der Waals surface area contributed by atoms with Gasteiger partial charge in [-0.1, -0.05) is 0 Å². The van der Waals surface area contributed by atoms with Crippen molar-refractivity contribution in [3.05, 3.63) is 24.4 Å². The van der Waals surface area contributed by atoms with Crippen molar-refractivity contribution in [2.75, 3.05) is 18.0 Å². The minimum atomic E-state index is -0.195. The summed E-state index contributed by atoms with van der Waals surface area (Å²) < 4.78 is 1.86. The lowest BCUT2D eigenvalue weighted by molar-refractivity contribution is -0.121. The highest BCUT2D eigenvalue weighted by atomic mass is 16.1. The van der Waals surface area contributed by atoms with Gasteiger partial charge in [0, 0.05) is 31.2 Å². The maximum atomic E-state index is 11.2. The Morgan fingerprint density at radius 1 is 1.50 bits per heavy atom. The van der Waals surface area contributed by atoms with Crippen LogP contribution in [0.1, 0.15) is 6.42 Å². The number of nitrogens with two attached hydrogens (primary N) is 1. The van der Waals surface area contributed by atoms with Crippen LogP contribution in [-0.4, -0.2) is 28.8 Å². The summed E-state index contributed by atoms with van der Waals surface area (Å²) in [5.74, 6) is -0.216. The van der Waals surface area contributed by atoms with E-state index in [0.717, 1.165) is 36.1 Å². The second kappa shape index (κ2) is 4.01. The van der Waals surface area contributed by atoms with Crippen LogP contribution < -0.4 is 10.6 Å². The van der Waals surface area contributed by atoms with Crippen molar-refractivity contribution in [3.8, 4) is 0 Å². The fourth-order valence-corrected chi connectivity index (χ4v) is 2.56. The summed E-state index contributed by atoms with van der Waals surface area (Å²) in [6, 6.07) is 6.26. The molecule has 0 saturated carbocycles. The number of nitrogens with zero attached hydrogens (tertiary/aromatic N) is 3. The monoisotopic (exact) mass is 244 g/mol. The zero-order valence-electron chi connectivity index (χ0n) is 10.3. The molecule has 1 aliphatic heterocycles. The van der Waals surface area contributed by atoms with Crippen LogP contribution in [0.3, 0.4) is 0 Å². The summed E-state index contributed by atoms with van der Waals surface area (Å²) in [5.41, 5.74) is 7.60. The van der Waals surface area contributed by atoms with Gasteiger partial charge in [0.1, 0.15) is 0 Å². The van der Waals surface area contributed by atoms with E-state index in [1.54, 1.807) is 0 Å². The molecule has 0 radical (unpaired) electrons. The molecule has 0 aliphatic carbocycles. The molecule has 1 fully saturated rings. The summed E-state index contributed by atoms with van der Waals surface area (Å²) in [4.78, 5) is 13.4. The highest BCUT2D eigenvalue weighted by Gasteiger charge is 2.26. The van der Waals surface area contributed by atoms with E-state index in [0.29, 0.717) is 0 Å². The zero-order valence-corrected chi connectivity index (χ0v) is 10.3. The van der Waals surface area contributed by atoms with Crippen LogP contribution in [0.15, 0.2) is 24.4 Å². The minimum absolute atomic E-state index is 0.0211. The van der Waals surface area contributed by atoms with Crippen molar-refractivity contribution in [2.24, 2.45) is 18.7 Å². The zero-order chi connectivity index (χ0) is 12.7. The second-order valence-electron chi connectivity index (χ2n) is 4.85. The van der Waals surface area contributed by atoms with Crippen molar-refractivity contribution in [2.45, 2.75) is 6.42 Å². The van der Waals surface area contributed by atoms with Crippen molar-refractivity contribution in [1.29, 1.82) is 0 Å². The van der Waals surface area contributed by atoms with Crippen molar-refractivity contribution in [3.63, 3.8) is 0 Å². The van der Waals surface area contributed by atoms with Gasteiger partial charge >= 0.3 is 0 Å². The number of fused-ring (bicyclic) bond motifs is 1. The van der Waals surface area contributed by atoms with Crippen molar-refractivity contribution in [1.82, 2.24) is 9.78 Å². The molecule has 2 heterocycles. The predicted octanol–water partition coefficient (Wildman–Crippen LogP) is 0.885. The quantitative estimate of drug-likeness (QED) is 0.853. The molecule has 0 unspecified atom stereocenters. The number of primary amides is 1. The van der Waals surface area contributed by atoms with E-state index in [2.05, 4.69) is 28.2 Å². The van der Waals surface area contributed by atoms with E-state index in [-0.39, 0.29) is 11.8 Å². The molecular formula is C13H16N4O. The van der Waals surface area contributed by atoms with Crippen LogP contribution >= 0.6 is 0 Å². The molecule has 94 valence electrons. The Balaban J connectivity index is 1.91. The van der Waals surface area contributed by atoms with Crippen LogP contribution in [0, 0.1) is 5.92 Å². The Morgan fingerprint density at radius 3 is 3.06 bits per heavy atom. The van der Waals surface area contributed by atoms with Gasteiger partial charge in [-0.25, -0.2) is 0 Å². The van der Waals surface area contributed by atoms with E-state index >= 15 is 0 Å². The number of anilines is 1. The lowest BCUT2D eigenvalue weighted by Crippen LogP contribution is -2.27. The van der Waals surface area contributed by atoms with Gasteiger partial charge in [0.25, 0.3) is 0 Å². The molecule has 0 bridgehead atoms. The highest BCUT2D eigenvalue weighted by molar-refractivity contribution is 5.83. The number of rotatable bonds is 2. The normalized spacial score (nSPS) is 19.6. The number of carbonyl (C=O) groups excluding carboxylic acids is 1. The SMILES string of the molecule is Cn1ncc2ccc(N3CC[C@H](C(N)=O)C3)cc21. The number of hydrogen-bond acceptors (Lipinski definition) is 3. The average Bonchev–Trinajstić information content (AvgIpc) is 2.96. The number of amides is 1. The molecule has 5 heteroatoms. The Labute approximate surface area is 105 Å². The molecule has 0 spiro atoms. The lowest BCUT2D eigenvalue weighted by atomic mass is 10.1. The van der Waals surface area contributed by atoms with E-state index in [4.69, 9.17) is 5.73 Å². The molecule has 1 amide bonds. The summed E-state index contributed by atoms with van der Waals surface area (Å²) in [6.07, 6.45) is 2.70. The number of hydrogen-bond donors (Lipinski definition) is 1. The molecule has 5 nitrogen and oxygen atoms in total. The van der Waals surface area contributed by atoms with Gasteiger partial charge in [-0.05, 0) is 24.6 Å². The molecule has 1 atom stereocenters. The number of aryl methyl sites for hydroxylation is 1. The van der Waals surface area contributed by atoms with Crippen LogP contribution in [0.5, 0.6) is 0 Å². The fourth-order valence-electron chi connectivity index (χ4n) is 2.56. The summed E-state index contributed by atoms with van der Waals surface area (Å²) in [7, 11) is 1.93. The first-order valence-electron chi connectivity index (χ1n) is 6.11. The molecule has 2 N–H and O–H groups in total. The molecule has 3 rings (SSSR count). The Bertz CT molecular complexity index is 604. The Kier molecular flexibility index (Phi) is 2.47. The van der Waals surface area contributed by atoms with Crippen LogP contribution in [-0.2, 0) is 11.8 Å². The van der Waals surface area contributed by atoms with E-state index < -0.39 is 0 Å². The summed E-state index contributed by atoms with van der Waals surface area (Å²) in [6.45, 7) is 1.61. The molecule has 1 saturated heterocycles. The number of carbonyl (C=O) groups is 1. The first kappa shape index (κ1) is 11.1. The van der Waals surface area contributed by atoms with E-state index in [1.807, 2.05) is 17.9 Å². The van der Waals surface area contributed by atoms with Gasteiger partial charge in [0.05, 0.1) is 17.6 Å². The van der Waals surface area contributed by atoms with Gasteiger partial charge in [0.15, 0.2) is 0 Å². The van der Waals surface area contributed by atoms with Crippen molar-refractivity contribution < 1.29 is 4.79 Å². The maximum absolute atomic E-state index is 11.2. The van der Waals surface area contributed by atoms with Gasteiger partial charge in [-0.15, -0.1) is 0 Å². The smallest absolute Gasteiger partial charge is 0.222 e. The third-order valence-corrected chi connectivity index (χ3v) is 3.69. The summed E-state index contributed by atoms with van der Waals surface area (Å²) in [5, 5.41) is 5.36. The van der Waals surface area contributed by atoms with Gasteiger partial charge in [-0.3, -0.25) is 9.48 Å². The lowest BCUT2D eigenvalue weighted by Gasteiger charge is -2.18. The van der Waals surface area contributed by atoms with Crippen LogP contribution in [0.25, 0.3) is 10.9 Å². The topological polar surface area (TPSA) is 64.2 Å². The minimum Gasteiger partial charge on any atom is -0.371 e. The maximum Gasteiger partial charge on any atom is 0.222 e. The van der Waals surface area contributed by atoms with E-state index in [1.165, 1.54) is 0 Å². The molecular weight excluding hydrogens is 228 g/mol. The Hall–Kier alpha value is -2.04. The molecule has 1 aliphatic rings. The Morgan fingerprint density at radius 2 is 2.33 bits per heavy atom. The molecule has 1 aromatic heterocycles. The van der Waals surface area contributed by atoms with Crippen molar-refractivity contribution >= 4 is 22.5 Å². The van der Waals surface area contributed by atoms with Gasteiger partial charge in [0.2, 0.25) is 5.91 Å². The predicted molar refractivity (Wildman–Crippen MR) is 70.2 cm³/mol. The molecule has 18 heavy (non-hydrogen) atoms. The van der Waals surface area contributed by atoms with Crippen LogP contribution in [0.4, 0.5) is 5.69 Å². The van der Waals surface area contributed by atoms with Gasteiger partial charge in [-0.2, -0.15) is 5.10 Å². The number of benzene rings is 1. The third kappa shape index (κ3) is 1.72. The number of aromatic nitrogens is 2. The average molecular weight is 244 g/mol. The standard InChI is InChI=1S/C13H16N4O/c1-16-12-6-11(3-2-9(12)7-15-16)17-5-4-10(8-17)13(14)18/h2-3,6-7,10H,4-5,8H2,1H3,(H2,14,18)/t10-/m0/s1. The molecule has 2 aromatic rings. The van der Waals surface area contributed by atoms with Crippen LogP contribution in [0.2, 0.25) is 0 Å².